The fourth-order valence-electron chi connectivity index (χ4n) is 3.57. The molecule has 3 heterocycles. The van der Waals surface area contributed by atoms with Gasteiger partial charge in [0.15, 0.2) is 5.65 Å². The van der Waals surface area contributed by atoms with Crippen molar-refractivity contribution in [3.05, 3.63) is 18.0 Å². The number of aromatic nitrogens is 3. The second kappa shape index (κ2) is 10.3. The maximum absolute atomic E-state index is 12.3. The number of rotatable bonds is 8. The van der Waals surface area contributed by atoms with E-state index in [1.165, 1.54) is 0 Å². The first-order valence-corrected chi connectivity index (χ1v) is 15.4. The zero-order chi connectivity index (χ0) is 25.1. The first kappa shape index (κ1) is 26.0. The third kappa shape index (κ3) is 7.17. The number of hydrogen-bond donors (Lipinski definition) is 1. The first-order valence-electron chi connectivity index (χ1n) is 11.7. The van der Waals surface area contributed by atoms with Crippen LogP contribution in [0.4, 0.5) is 4.79 Å². The van der Waals surface area contributed by atoms with Crippen molar-refractivity contribution in [2.45, 2.75) is 77.7 Å². The van der Waals surface area contributed by atoms with E-state index >= 15 is 0 Å². The molecule has 1 saturated heterocycles. The minimum Gasteiger partial charge on any atom is -0.473 e. The van der Waals surface area contributed by atoms with E-state index in [9.17, 15) is 9.59 Å². The summed E-state index contributed by atoms with van der Waals surface area (Å²) in [6.45, 7) is 14.4. The van der Waals surface area contributed by atoms with Crippen molar-refractivity contribution in [3.63, 3.8) is 0 Å². The van der Waals surface area contributed by atoms with Crippen molar-refractivity contribution in [2.24, 2.45) is 5.73 Å². The molecular weight excluding hydrogens is 454 g/mol. The monoisotopic (exact) mass is 491 g/mol. The molecule has 3 rings (SSSR count). The van der Waals surface area contributed by atoms with E-state index in [2.05, 4.69) is 29.6 Å². The molecule has 0 bridgehead atoms. The number of fused-ring (bicyclic) bond motifs is 1. The number of amides is 2. The lowest BCUT2D eigenvalue weighted by molar-refractivity contribution is 0.0123. The van der Waals surface area contributed by atoms with Gasteiger partial charge in [-0.3, -0.25) is 4.79 Å². The molecule has 1 aliphatic rings. The molecule has 2 amide bonds. The Morgan fingerprint density at radius 2 is 1.88 bits per heavy atom. The third-order valence-corrected chi connectivity index (χ3v) is 7.12. The normalized spacial score (nSPS) is 15.5. The standard InChI is InChI=1S/C23H37N5O5Si/c1-23(2,3)33-22(30)27-9-7-16(8-10-27)32-18-13-25-21-19(26-18)17(20(24)29)14-28(21)15-31-11-12-34(4,5)6/h13-14,16H,7-12,15H2,1-6H3,(H2,24,29). The van der Waals surface area contributed by atoms with Gasteiger partial charge in [0.05, 0.1) is 11.8 Å². The predicted molar refractivity (Wildman–Crippen MR) is 132 cm³/mol. The summed E-state index contributed by atoms with van der Waals surface area (Å²) in [5.74, 6) is -0.258. The van der Waals surface area contributed by atoms with E-state index in [1.807, 2.05) is 20.8 Å². The molecule has 188 valence electrons. The van der Waals surface area contributed by atoms with Gasteiger partial charge in [-0.1, -0.05) is 19.6 Å². The Bertz CT molecular complexity index is 1020. The average Bonchev–Trinajstić information content (AvgIpc) is 3.08. The number of carbonyl (C=O) groups excluding carboxylic acids is 2. The first-order chi connectivity index (χ1) is 15.8. The summed E-state index contributed by atoms with van der Waals surface area (Å²) in [5, 5.41) is 0. The lowest BCUT2D eigenvalue weighted by atomic mass is 10.1. The molecule has 2 aromatic heterocycles. The van der Waals surface area contributed by atoms with Gasteiger partial charge in [0.25, 0.3) is 5.91 Å². The van der Waals surface area contributed by atoms with Crippen molar-refractivity contribution in [1.29, 1.82) is 0 Å². The Morgan fingerprint density at radius 1 is 1.21 bits per heavy atom. The molecule has 1 fully saturated rings. The Balaban J connectivity index is 1.64. The fourth-order valence-corrected chi connectivity index (χ4v) is 4.32. The van der Waals surface area contributed by atoms with Gasteiger partial charge in [0, 0.05) is 46.8 Å². The summed E-state index contributed by atoms with van der Waals surface area (Å²) in [6, 6.07) is 1.05. The van der Waals surface area contributed by atoms with Crippen LogP contribution < -0.4 is 10.5 Å². The van der Waals surface area contributed by atoms with Crippen molar-refractivity contribution in [1.82, 2.24) is 19.4 Å². The van der Waals surface area contributed by atoms with Crippen LogP contribution in [0.15, 0.2) is 12.4 Å². The van der Waals surface area contributed by atoms with E-state index in [-0.39, 0.29) is 24.5 Å². The van der Waals surface area contributed by atoms with Crippen LogP contribution in [-0.2, 0) is 16.2 Å². The van der Waals surface area contributed by atoms with Crippen molar-refractivity contribution in [3.8, 4) is 5.88 Å². The summed E-state index contributed by atoms with van der Waals surface area (Å²) in [7, 11) is -1.19. The van der Waals surface area contributed by atoms with Crippen LogP contribution >= 0.6 is 0 Å². The lowest BCUT2D eigenvalue weighted by Crippen LogP contribution is -2.44. The highest BCUT2D eigenvalue weighted by atomic mass is 28.3. The van der Waals surface area contributed by atoms with Gasteiger partial charge in [0.1, 0.15) is 24.0 Å². The summed E-state index contributed by atoms with van der Waals surface area (Å²) >= 11 is 0. The number of piperidine rings is 1. The number of nitrogens with zero attached hydrogens (tertiary/aromatic N) is 4. The topological polar surface area (TPSA) is 122 Å². The Hall–Kier alpha value is -2.66. The second-order valence-corrected chi connectivity index (χ2v) is 16.5. The van der Waals surface area contributed by atoms with Crippen molar-refractivity contribution in [2.75, 3.05) is 19.7 Å². The molecule has 0 radical (unpaired) electrons. The summed E-state index contributed by atoms with van der Waals surface area (Å²) in [5.41, 5.74) is 6.25. The highest BCUT2D eigenvalue weighted by Crippen LogP contribution is 2.23. The number of carbonyl (C=O) groups is 2. The van der Waals surface area contributed by atoms with Crippen LogP contribution in [0.5, 0.6) is 5.88 Å². The SMILES string of the molecule is CC(C)(C)OC(=O)N1CCC(Oc2cnc3c(n2)c(C(N)=O)cn3COCC[Si](C)(C)C)CC1. The second-order valence-electron chi connectivity index (χ2n) is 10.9. The maximum atomic E-state index is 12.3. The highest BCUT2D eigenvalue weighted by Gasteiger charge is 2.28. The number of primary amides is 1. The molecule has 0 unspecified atom stereocenters. The Morgan fingerprint density at radius 3 is 2.47 bits per heavy atom. The molecule has 0 saturated carbocycles. The van der Waals surface area contributed by atoms with Crippen molar-refractivity contribution >= 4 is 31.2 Å². The number of ether oxygens (including phenoxy) is 3. The van der Waals surface area contributed by atoms with Gasteiger partial charge < -0.3 is 29.4 Å². The molecule has 1 aliphatic heterocycles. The van der Waals surface area contributed by atoms with Gasteiger partial charge in [-0.15, -0.1) is 0 Å². The van der Waals surface area contributed by atoms with Crippen LogP contribution in [0.1, 0.15) is 44.0 Å². The molecule has 10 nitrogen and oxygen atoms in total. The van der Waals surface area contributed by atoms with Crippen LogP contribution in [0.3, 0.4) is 0 Å². The van der Waals surface area contributed by atoms with E-state index in [0.717, 1.165) is 6.04 Å². The molecular formula is C23H37N5O5Si. The Kier molecular flexibility index (Phi) is 7.86. The minimum atomic E-state index is -1.19. The predicted octanol–water partition coefficient (Wildman–Crippen LogP) is 3.62. The van der Waals surface area contributed by atoms with Crippen LogP contribution in [0.2, 0.25) is 25.7 Å². The van der Waals surface area contributed by atoms with Gasteiger partial charge in [0.2, 0.25) is 5.88 Å². The largest absolute Gasteiger partial charge is 0.473 e. The molecule has 0 spiro atoms. The van der Waals surface area contributed by atoms with E-state index in [1.54, 1.807) is 21.9 Å². The highest BCUT2D eigenvalue weighted by molar-refractivity contribution is 6.76. The minimum absolute atomic E-state index is 0.116. The van der Waals surface area contributed by atoms with Gasteiger partial charge in [-0.05, 0) is 26.8 Å². The summed E-state index contributed by atoms with van der Waals surface area (Å²) < 4.78 is 19.0. The van der Waals surface area contributed by atoms with Crippen molar-refractivity contribution < 1.29 is 23.8 Å². The van der Waals surface area contributed by atoms with E-state index < -0.39 is 19.6 Å². The molecule has 2 N–H and O–H groups in total. The Labute approximate surface area is 201 Å². The molecule has 34 heavy (non-hydrogen) atoms. The van der Waals surface area contributed by atoms with Gasteiger partial charge >= 0.3 is 6.09 Å². The average molecular weight is 492 g/mol. The maximum Gasteiger partial charge on any atom is 0.410 e. The lowest BCUT2D eigenvalue weighted by Gasteiger charge is -2.33. The fraction of sp³-hybridized carbons (Fsp3) is 0.652. The van der Waals surface area contributed by atoms with Crippen LogP contribution in [0, 0.1) is 0 Å². The third-order valence-electron chi connectivity index (χ3n) is 5.42. The number of nitrogens with two attached hydrogens (primary N) is 1. The van der Waals surface area contributed by atoms with Crippen LogP contribution in [-0.4, -0.2) is 70.9 Å². The molecule has 0 aliphatic carbocycles. The number of hydrogen-bond acceptors (Lipinski definition) is 7. The van der Waals surface area contributed by atoms with Crippen LogP contribution in [0.25, 0.3) is 11.2 Å². The van der Waals surface area contributed by atoms with Gasteiger partial charge in [-0.2, -0.15) is 0 Å². The summed E-state index contributed by atoms with van der Waals surface area (Å²) in [6.07, 6.45) is 4.04. The van der Waals surface area contributed by atoms with E-state index in [4.69, 9.17) is 19.9 Å². The molecule has 2 aromatic rings. The molecule has 0 atom stereocenters. The van der Waals surface area contributed by atoms with Gasteiger partial charge in [-0.25, -0.2) is 14.8 Å². The molecule has 0 aromatic carbocycles. The quantitative estimate of drug-likeness (QED) is 0.442. The zero-order valence-electron chi connectivity index (χ0n) is 21.1. The summed E-state index contributed by atoms with van der Waals surface area (Å²) in [4.78, 5) is 34.9. The van der Waals surface area contributed by atoms with E-state index in [0.29, 0.717) is 49.6 Å². The smallest absolute Gasteiger partial charge is 0.410 e. The number of likely N-dealkylation sites (tertiary alicyclic amines) is 1. The molecule has 11 heteroatoms. The zero-order valence-corrected chi connectivity index (χ0v) is 22.1.